The van der Waals surface area contributed by atoms with Crippen molar-refractivity contribution in [1.29, 1.82) is 0 Å². The van der Waals surface area contributed by atoms with Crippen LogP contribution in [0.3, 0.4) is 0 Å². The van der Waals surface area contributed by atoms with Crippen molar-refractivity contribution in [2.45, 2.75) is 19.0 Å². The van der Waals surface area contributed by atoms with Gasteiger partial charge >= 0.3 is 0 Å². The van der Waals surface area contributed by atoms with Crippen molar-refractivity contribution in [2.24, 2.45) is 0 Å². The zero-order chi connectivity index (χ0) is 11.1. The third-order valence-corrected chi connectivity index (χ3v) is 2.08. The summed E-state index contributed by atoms with van der Waals surface area (Å²) in [5.74, 6) is 0. The molecule has 1 aromatic carbocycles. The maximum absolute atomic E-state index is 11.9. The Kier molecular flexibility index (Phi) is 5.21. The number of hydrogen-bond acceptors (Lipinski definition) is 2. The van der Waals surface area contributed by atoms with E-state index in [9.17, 15) is 8.78 Å². The van der Waals surface area contributed by atoms with Crippen LogP contribution in [0.1, 0.15) is 5.56 Å². The average molecular weight is 215 g/mol. The van der Waals surface area contributed by atoms with Gasteiger partial charge in [-0.05, 0) is 18.5 Å². The Hall–Kier alpha value is -1.00. The van der Waals surface area contributed by atoms with Crippen molar-refractivity contribution in [3.63, 3.8) is 0 Å². The Morgan fingerprint density at radius 1 is 1.20 bits per heavy atom. The van der Waals surface area contributed by atoms with Crippen molar-refractivity contribution in [3.8, 4) is 0 Å². The van der Waals surface area contributed by atoms with E-state index in [2.05, 4.69) is 5.32 Å². The van der Waals surface area contributed by atoms with Gasteiger partial charge in [-0.25, -0.2) is 8.78 Å². The molecule has 4 heteroatoms. The number of hydrogen-bond donors (Lipinski definition) is 2. The first-order valence-electron chi connectivity index (χ1n) is 4.91. The first-order chi connectivity index (χ1) is 7.20. The minimum atomic E-state index is -2.67. The third-order valence-electron chi connectivity index (χ3n) is 2.08. The van der Waals surface area contributed by atoms with Crippen molar-refractivity contribution >= 4 is 0 Å². The lowest BCUT2D eigenvalue weighted by molar-refractivity contribution is -0.00309. The molecule has 2 N–H and O–H groups in total. The number of halogens is 2. The Balaban J connectivity index is 2.12. The predicted octanol–water partition coefficient (Wildman–Crippen LogP) is 1.44. The summed E-state index contributed by atoms with van der Waals surface area (Å²) >= 11 is 0. The summed E-state index contributed by atoms with van der Waals surface area (Å²) in [6.07, 6.45) is -3.47. The van der Waals surface area contributed by atoms with E-state index in [4.69, 9.17) is 5.11 Å². The summed E-state index contributed by atoms with van der Waals surface area (Å²) in [6.45, 7) is 0.526. The van der Waals surface area contributed by atoms with E-state index in [0.717, 1.165) is 12.0 Å². The summed E-state index contributed by atoms with van der Waals surface area (Å²) in [7, 11) is 0. The lowest BCUT2D eigenvalue weighted by atomic mass is 10.1. The molecule has 1 rings (SSSR count). The highest BCUT2D eigenvalue weighted by Gasteiger charge is 2.15. The fraction of sp³-hybridized carbons (Fsp3) is 0.455. The number of aliphatic hydroxyl groups is 1. The molecule has 0 aliphatic carbocycles. The zero-order valence-corrected chi connectivity index (χ0v) is 8.37. The van der Waals surface area contributed by atoms with E-state index in [1.807, 2.05) is 30.3 Å². The van der Waals surface area contributed by atoms with Crippen LogP contribution in [0.4, 0.5) is 8.78 Å². The third kappa shape index (κ3) is 4.85. The second-order valence-corrected chi connectivity index (χ2v) is 3.34. The second-order valence-electron chi connectivity index (χ2n) is 3.34. The molecule has 2 nitrogen and oxygen atoms in total. The molecular formula is C11H15F2NO. The Morgan fingerprint density at radius 2 is 1.87 bits per heavy atom. The van der Waals surface area contributed by atoms with Crippen LogP contribution in [-0.2, 0) is 6.42 Å². The van der Waals surface area contributed by atoms with Crippen LogP contribution in [0.2, 0.25) is 0 Å². The highest BCUT2D eigenvalue weighted by Crippen LogP contribution is 2.00. The molecule has 1 aromatic rings. The van der Waals surface area contributed by atoms with Crippen LogP contribution >= 0.6 is 0 Å². The van der Waals surface area contributed by atoms with Gasteiger partial charge in [-0.15, -0.1) is 0 Å². The Labute approximate surface area is 87.9 Å². The molecule has 0 saturated heterocycles. The van der Waals surface area contributed by atoms with Crippen molar-refractivity contribution < 1.29 is 13.9 Å². The minimum absolute atomic E-state index is 0.0650. The summed E-state index contributed by atoms with van der Waals surface area (Å²) in [4.78, 5) is 0. The molecule has 0 spiro atoms. The SMILES string of the molecule is OC(CNCCc1ccccc1)C(F)F. The second kappa shape index (κ2) is 6.48. The molecule has 1 unspecified atom stereocenters. The molecule has 0 fully saturated rings. The van der Waals surface area contributed by atoms with E-state index in [0.29, 0.717) is 6.54 Å². The van der Waals surface area contributed by atoms with Gasteiger partial charge in [-0.2, -0.15) is 0 Å². The summed E-state index contributed by atoms with van der Waals surface area (Å²) in [5.41, 5.74) is 1.15. The number of benzene rings is 1. The van der Waals surface area contributed by atoms with Gasteiger partial charge in [-0.1, -0.05) is 30.3 Å². The molecule has 0 saturated carbocycles. The number of alkyl halides is 2. The van der Waals surface area contributed by atoms with Gasteiger partial charge in [0.05, 0.1) is 0 Å². The number of aliphatic hydroxyl groups excluding tert-OH is 1. The summed E-state index contributed by atoms with van der Waals surface area (Å²) in [6, 6.07) is 9.75. The lowest BCUT2D eigenvalue weighted by Crippen LogP contribution is -2.33. The van der Waals surface area contributed by atoms with Gasteiger partial charge in [0.25, 0.3) is 6.43 Å². The molecule has 0 aromatic heterocycles. The van der Waals surface area contributed by atoms with E-state index >= 15 is 0 Å². The normalized spacial score (nSPS) is 13.1. The van der Waals surface area contributed by atoms with Gasteiger partial charge < -0.3 is 10.4 Å². The van der Waals surface area contributed by atoms with E-state index in [1.165, 1.54) is 0 Å². The van der Waals surface area contributed by atoms with Crippen LogP contribution in [-0.4, -0.2) is 30.7 Å². The highest BCUT2D eigenvalue weighted by molar-refractivity contribution is 5.14. The molecule has 1 atom stereocenters. The number of rotatable bonds is 6. The molecule has 0 radical (unpaired) electrons. The quantitative estimate of drug-likeness (QED) is 0.704. The molecule has 84 valence electrons. The molecule has 0 heterocycles. The standard InChI is InChI=1S/C11H15F2NO/c12-11(13)10(15)8-14-7-6-9-4-2-1-3-5-9/h1-5,10-11,14-15H,6-8H2. The topological polar surface area (TPSA) is 32.3 Å². The molecule has 0 bridgehead atoms. The summed E-state index contributed by atoms with van der Waals surface area (Å²) < 4.78 is 23.8. The van der Waals surface area contributed by atoms with E-state index < -0.39 is 12.5 Å². The van der Waals surface area contributed by atoms with Gasteiger partial charge in [-0.3, -0.25) is 0 Å². The molecule has 15 heavy (non-hydrogen) atoms. The van der Waals surface area contributed by atoms with Gasteiger partial charge in [0.2, 0.25) is 0 Å². The fourth-order valence-corrected chi connectivity index (χ4v) is 1.22. The first kappa shape index (κ1) is 12.1. The lowest BCUT2D eigenvalue weighted by Gasteiger charge is -2.10. The van der Waals surface area contributed by atoms with Crippen molar-refractivity contribution in [3.05, 3.63) is 35.9 Å². The van der Waals surface area contributed by atoms with Crippen molar-refractivity contribution in [2.75, 3.05) is 13.1 Å². The maximum atomic E-state index is 11.9. The smallest absolute Gasteiger partial charge is 0.265 e. The van der Waals surface area contributed by atoms with Crippen LogP contribution < -0.4 is 5.32 Å². The monoisotopic (exact) mass is 215 g/mol. The van der Waals surface area contributed by atoms with E-state index in [1.54, 1.807) is 0 Å². The van der Waals surface area contributed by atoms with Gasteiger partial charge in [0.1, 0.15) is 6.10 Å². The fourth-order valence-electron chi connectivity index (χ4n) is 1.22. The van der Waals surface area contributed by atoms with Crippen LogP contribution in [0.25, 0.3) is 0 Å². The van der Waals surface area contributed by atoms with E-state index in [-0.39, 0.29) is 6.54 Å². The first-order valence-corrected chi connectivity index (χ1v) is 4.91. The summed E-state index contributed by atoms with van der Waals surface area (Å²) in [5, 5.41) is 11.6. The zero-order valence-electron chi connectivity index (χ0n) is 8.37. The van der Waals surface area contributed by atoms with Crippen LogP contribution in [0, 0.1) is 0 Å². The molecular weight excluding hydrogens is 200 g/mol. The Bertz CT molecular complexity index is 267. The maximum Gasteiger partial charge on any atom is 0.265 e. The Morgan fingerprint density at radius 3 is 2.47 bits per heavy atom. The van der Waals surface area contributed by atoms with Gasteiger partial charge in [0.15, 0.2) is 0 Å². The van der Waals surface area contributed by atoms with Crippen molar-refractivity contribution in [1.82, 2.24) is 5.32 Å². The van der Waals surface area contributed by atoms with Crippen LogP contribution in [0.15, 0.2) is 30.3 Å². The molecule has 0 aliphatic heterocycles. The average Bonchev–Trinajstić information content (AvgIpc) is 2.25. The predicted molar refractivity (Wildman–Crippen MR) is 55.0 cm³/mol. The van der Waals surface area contributed by atoms with Gasteiger partial charge in [0, 0.05) is 6.54 Å². The highest BCUT2D eigenvalue weighted by atomic mass is 19.3. The molecule has 0 amide bonds. The number of nitrogens with one attached hydrogen (secondary N) is 1. The molecule has 0 aliphatic rings. The van der Waals surface area contributed by atoms with Crippen LogP contribution in [0.5, 0.6) is 0 Å². The largest absolute Gasteiger partial charge is 0.386 e. The minimum Gasteiger partial charge on any atom is -0.386 e.